The van der Waals surface area contributed by atoms with Crippen LogP contribution in [0.25, 0.3) is 0 Å². The number of nitrogens with zero attached hydrogens (tertiary/aromatic N) is 2. The van der Waals surface area contributed by atoms with Crippen LogP contribution in [0.2, 0.25) is 0 Å². The van der Waals surface area contributed by atoms with Crippen LogP contribution >= 0.6 is 24.0 Å². The zero-order valence-electron chi connectivity index (χ0n) is 15.5. The molecule has 0 heterocycles. The van der Waals surface area contributed by atoms with Crippen molar-refractivity contribution in [2.45, 2.75) is 38.6 Å². The molecule has 0 unspecified atom stereocenters. The normalized spacial score (nSPS) is 15.8. The van der Waals surface area contributed by atoms with Gasteiger partial charge in [-0.05, 0) is 42.9 Å². The number of nitriles is 1. The predicted octanol–water partition coefficient (Wildman–Crippen LogP) is 3.58. The van der Waals surface area contributed by atoms with Crippen LogP contribution < -0.4 is 10.6 Å². The van der Waals surface area contributed by atoms with Gasteiger partial charge in [-0.3, -0.25) is 4.99 Å². The first-order valence-electron chi connectivity index (χ1n) is 8.74. The highest BCUT2D eigenvalue weighted by Gasteiger charge is 2.33. The molecule has 0 aromatic heterocycles. The van der Waals surface area contributed by atoms with Crippen LogP contribution in [-0.4, -0.2) is 33.3 Å². The van der Waals surface area contributed by atoms with E-state index in [0.717, 1.165) is 19.6 Å². The van der Waals surface area contributed by atoms with Gasteiger partial charge in [0.1, 0.15) is 5.82 Å². The third-order valence-electron chi connectivity index (χ3n) is 4.98. The van der Waals surface area contributed by atoms with Crippen molar-refractivity contribution in [3.63, 3.8) is 0 Å². The van der Waals surface area contributed by atoms with Crippen molar-refractivity contribution < 1.29 is 9.13 Å². The summed E-state index contributed by atoms with van der Waals surface area (Å²) in [6, 6.07) is 6.39. The summed E-state index contributed by atoms with van der Waals surface area (Å²) in [5, 5.41) is 15.5. The van der Waals surface area contributed by atoms with Gasteiger partial charge in [0.05, 0.1) is 11.6 Å². The van der Waals surface area contributed by atoms with Gasteiger partial charge in [0, 0.05) is 39.4 Å². The predicted molar refractivity (Wildman–Crippen MR) is 112 cm³/mol. The summed E-state index contributed by atoms with van der Waals surface area (Å²) in [6.07, 6.45) is 5.93. The first-order chi connectivity index (χ1) is 12.1. The Morgan fingerprint density at radius 1 is 1.35 bits per heavy atom. The summed E-state index contributed by atoms with van der Waals surface area (Å²) in [5.41, 5.74) is 1.15. The maximum absolute atomic E-state index is 13.9. The van der Waals surface area contributed by atoms with Crippen molar-refractivity contribution in [2.75, 3.05) is 27.3 Å². The zero-order chi connectivity index (χ0) is 18.1. The van der Waals surface area contributed by atoms with Gasteiger partial charge in [0.15, 0.2) is 5.96 Å². The second kappa shape index (κ2) is 11.3. The van der Waals surface area contributed by atoms with Crippen LogP contribution in [0.15, 0.2) is 23.2 Å². The van der Waals surface area contributed by atoms with Crippen molar-refractivity contribution in [1.82, 2.24) is 10.6 Å². The van der Waals surface area contributed by atoms with E-state index >= 15 is 0 Å². The summed E-state index contributed by atoms with van der Waals surface area (Å²) in [5.74, 6) is 0.319. The quantitative estimate of drug-likeness (QED) is 0.360. The summed E-state index contributed by atoms with van der Waals surface area (Å²) in [4.78, 5) is 4.22. The van der Waals surface area contributed by atoms with Gasteiger partial charge >= 0.3 is 0 Å². The highest BCUT2D eigenvalue weighted by atomic mass is 127. The molecule has 1 aliphatic carbocycles. The smallest absolute Gasteiger partial charge is 0.191 e. The molecule has 1 fully saturated rings. The summed E-state index contributed by atoms with van der Waals surface area (Å²) < 4.78 is 19.1. The van der Waals surface area contributed by atoms with Crippen LogP contribution in [0, 0.1) is 22.6 Å². The van der Waals surface area contributed by atoms with Crippen LogP contribution in [-0.2, 0) is 11.3 Å². The lowest BCUT2D eigenvalue weighted by Gasteiger charge is -2.30. The monoisotopic (exact) mass is 474 g/mol. The van der Waals surface area contributed by atoms with Gasteiger partial charge < -0.3 is 15.4 Å². The van der Waals surface area contributed by atoms with Crippen molar-refractivity contribution in [2.24, 2.45) is 10.4 Å². The average molecular weight is 474 g/mol. The number of halogens is 2. The first kappa shape index (κ1) is 22.6. The van der Waals surface area contributed by atoms with E-state index in [-0.39, 0.29) is 41.8 Å². The van der Waals surface area contributed by atoms with Crippen LogP contribution in [0.3, 0.4) is 0 Å². The Kier molecular flexibility index (Phi) is 9.88. The molecule has 5 nitrogen and oxygen atoms in total. The Balaban J connectivity index is 0.00000338. The van der Waals surface area contributed by atoms with E-state index in [0.29, 0.717) is 17.1 Å². The molecule has 0 bridgehead atoms. The lowest BCUT2D eigenvalue weighted by atomic mass is 9.83. The van der Waals surface area contributed by atoms with Gasteiger partial charge in [-0.15, -0.1) is 24.0 Å². The van der Waals surface area contributed by atoms with E-state index in [9.17, 15) is 4.39 Å². The molecule has 0 saturated heterocycles. The molecule has 7 heteroatoms. The number of methoxy groups -OCH3 is 1. The second-order valence-electron chi connectivity index (χ2n) is 6.65. The molecule has 1 saturated carbocycles. The average Bonchev–Trinajstić information content (AvgIpc) is 3.10. The number of ether oxygens (including phenoxy) is 1. The first-order valence-corrected chi connectivity index (χ1v) is 8.74. The molecule has 0 spiro atoms. The van der Waals surface area contributed by atoms with Gasteiger partial charge in [0.2, 0.25) is 0 Å². The molecule has 0 radical (unpaired) electrons. The van der Waals surface area contributed by atoms with Crippen LogP contribution in [0.4, 0.5) is 4.39 Å². The van der Waals surface area contributed by atoms with Gasteiger partial charge in [0.25, 0.3) is 0 Å². The van der Waals surface area contributed by atoms with Gasteiger partial charge in [-0.1, -0.05) is 12.8 Å². The molecule has 144 valence electrons. The third kappa shape index (κ3) is 6.40. The molecule has 2 rings (SSSR count). The summed E-state index contributed by atoms with van der Waals surface area (Å²) in [7, 11) is 3.44. The molecule has 1 aliphatic rings. The Labute approximate surface area is 172 Å². The molecule has 26 heavy (non-hydrogen) atoms. The van der Waals surface area contributed by atoms with Crippen LogP contribution in [0.1, 0.15) is 43.2 Å². The highest BCUT2D eigenvalue weighted by Crippen LogP contribution is 2.40. The highest BCUT2D eigenvalue weighted by molar-refractivity contribution is 14.0. The minimum absolute atomic E-state index is 0. The van der Waals surface area contributed by atoms with Crippen molar-refractivity contribution >= 4 is 29.9 Å². The van der Waals surface area contributed by atoms with E-state index in [1.165, 1.54) is 37.8 Å². The summed E-state index contributed by atoms with van der Waals surface area (Å²) in [6.45, 7) is 1.88. The standard InChI is InChI=1S/C19H27FN4O.HI/c1-22-18(23-13-16-11-15(12-21)5-6-17(16)20)24-14-19(9-10-25-2)7-3-4-8-19;/h5-6,11H,3-4,7-10,13-14H2,1-2H3,(H2,22,23,24);1H. The number of hydrogen-bond acceptors (Lipinski definition) is 3. The Morgan fingerprint density at radius 3 is 2.69 bits per heavy atom. The number of nitrogens with one attached hydrogen (secondary N) is 2. The summed E-state index contributed by atoms with van der Waals surface area (Å²) >= 11 is 0. The molecule has 0 aliphatic heterocycles. The van der Waals surface area contributed by atoms with Crippen molar-refractivity contribution in [1.29, 1.82) is 5.26 Å². The number of hydrogen-bond donors (Lipinski definition) is 2. The Morgan fingerprint density at radius 2 is 2.08 bits per heavy atom. The zero-order valence-corrected chi connectivity index (χ0v) is 17.8. The van der Waals surface area contributed by atoms with Crippen molar-refractivity contribution in [3.8, 4) is 6.07 Å². The molecule has 1 aromatic carbocycles. The number of aliphatic imine (C=N–C) groups is 1. The number of rotatable bonds is 7. The maximum atomic E-state index is 13.9. The fourth-order valence-electron chi connectivity index (χ4n) is 3.41. The Hall–Kier alpha value is -1.40. The SMILES string of the molecule is CN=C(NCc1cc(C#N)ccc1F)NCC1(CCOC)CCCC1.I. The molecule has 2 N–H and O–H groups in total. The number of benzene rings is 1. The molecular formula is C19H28FIN4O. The van der Waals surface area contributed by atoms with Crippen molar-refractivity contribution in [3.05, 3.63) is 35.1 Å². The molecule has 1 aromatic rings. The minimum atomic E-state index is -0.325. The van der Waals surface area contributed by atoms with Crippen LogP contribution in [0.5, 0.6) is 0 Å². The second-order valence-corrected chi connectivity index (χ2v) is 6.65. The maximum Gasteiger partial charge on any atom is 0.191 e. The Bertz CT molecular complexity index is 639. The fourth-order valence-corrected chi connectivity index (χ4v) is 3.41. The van der Waals surface area contributed by atoms with Gasteiger partial charge in [-0.2, -0.15) is 5.26 Å². The third-order valence-corrected chi connectivity index (χ3v) is 4.98. The topological polar surface area (TPSA) is 69.4 Å². The van der Waals surface area contributed by atoms with E-state index in [4.69, 9.17) is 10.00 Å². The largest absolute Gasteiger partial charge is 0.385 e. The fraction of sp³-hybridized carbons (Fsp3) is 0.579. The van der Waals surface area contributed by atoms with E-state index in [1.54, 1.807) is 20.2 Å². The molecule has 0 atom stereocenters. The lowest BCUT2D eigenvalue weighted by Crippen LogP contribution is -2.43. The molecule has 0 amide bonds. The van der Waals surface area contributed by atoms with E-state index in [1.807, 2.05) is 6.07 Å². The lowest BCUT2D eigenvalue weighted by molar-refractivity contribution is 0.138. The van der Waals surface area contributed by atoms with Gasteiger partial charge in [-0.25, -0.2) is 4.39 Å². The molecular weight excluding hydrogens is 446 g/mol. The number of guanidine groups is 1. The van der Waals surface area contributed by atoms with E-state index in [2.05, 4.69) is 15.6 Å². The van der Waals surface area contributed by atoms with E-state index < -0.39 is 0 Å². The minimum Gasteiger partial charge on any atom is -0.385 e.